The normalized spacial score (nSPS) is 23.4. The van der Waals surface area contributed by atoms with Gasteiger partial charge in [-0.15, -0.1) is 0 Å². The second-order valence-corrected chi connectivity index (χ2v) is 3.90. The number of anilines is 2. The number of ether oxygens (including phenoxy) is 1. The van der Waals surface area contributed by atoms with Crippen LogP contribution in [0.5, 0.6) is 0 Å². The fraction of sp³-hybridized carbons (Fsp3) is 0.455. The monoisotopic (exact) mass is 235 g/mol. The van der Waals surface area contributed by atoms with Crippen LogP contribution in [0, 0.1) is 0 Å². The number of hydrogen-bond donors (Lipinski definition) is 3. The Balaban J connectivity index is 2.13. The van der Waals surface area contributed by atoms with Gasteiger partial charge in [0, 0.05) is 18.8 Å². The molecule has 0 bridgehead atoms. The quantitative estimate of drug-likeness (QED) is 0.696. The number of aromatic nitrogens is 2. The van der Waals surface area contributed by atoms with Crippen LogP contribution in [0.4, 0.5) is 11.8 Å². The van der Waals surface area contributed by atoms with Crippen LogP contribution < -0.4 is 16.4 Å². The summed E-state index contributed by atoms with van der Waals surface area (Å²) < 4.78 is 5.27. The Hall–Kier alpha value is -1.66. The Morgan fingerprint density at radius 3 is 3.00 bits per heavy atom. The summed E-state index contributed by atoms with van der Waals surface area (Å²) in [5, 5.41) is 6.17. The second-order valence-electron chi connectivity index (χ2n) is 3.90. The van der Waals surface area contributed by atoms with Crippen molar-refractivity contribution in [3.05, 3.63) is 18.3 Å². The molecule has 2 heterocycles. The minimum absolute atomic E-state index is 0.0179. The molecule has 92 valence electrons. The average molecular weight is 235 g/mol. The number of rotatable bonds is 4. The molecule has 2 rings (SSSR count). The van der Waals surface area contributed by atoms with E-state index in [1.54, 1.807) is 12.3 Å². The fourth-order valence-corrected chi connectivity index (χ4v) is 1.70. The van der Waals surface area contributed by atoms with E-state index in [0.29, 0.717) is 19.2 Å². The Bertz CT molecular complexity index is 409. The second kappa shape index (κ2) is 5.11. The molecule has 4 N–H and O–H groups in total. The zero-order valence-corrected chi connectivity index (χ0v) is 9.81. The van der Waals surface area contributed by atoms with Crippen molar-refractivity contribution in [1.82, 2.24) is 9.97 Å². The van der Waals surface area contributed by atoms with Gasteiger partial charge in [0.15, 0.2) is 0 Å². The van der Waals surface area contributed by atoms with Crippen molar-refractivity contribution >= 4 is 17.8 Å². The Labute approximate surface area is 100 Å². The van der Waals surface area contributed by atoms with Crippen LogP contribution in [-0.2, 0) is 4.74 Å². The van der Waals surface area contributed by atoms with Gasteiger partial charge in [-0.3, -0.25) is 0 Å². The maximum Gasteiger partial charge on any atom is 0.224 e. The number of nitrogens with one attached hydrogen (secondary N) is 2. The number of hydrogen-bond acceptors (Lipinski definition) is 6. The minimum atomic E-state index is -0.0179. The molecule has 6 nitrogen and oxygen atoms in total. The van der Waals surface area contributed by atoms with Crippen LogP contribution >= 0.6 is 0 Å². The van der Waals surface area contributed by atoms with E-state index in [2.05, 4.69) is 27.2 Å². The van der Waals surface area contributed by atoms with Gasteiger partial charge in [-0.05, 0) is 0 Å². The topological polar surface area (TPSA) is 85.1 Å². The van der Waals surface area contributed by atoms with Crippen molar-refractivity contribution in [1.29, 1.82) is 0 Å². The van der Waals surface area contributed by atoms with Crippen LogP contribution in [0.1, 0.15) is 5.56 Å². The fourth-order valence-electron chi connectivity index (χ4n) is 1.70. The molecule has 6 heteroatoms. The standard InChI is InChI=1S/C11H17N5O/c1-3-7-4-14-11(16-10(7)13-2)15-9-6-17-5-8(9)12/h3-4,8-9H,1,5-6,12H2,2H3,(H2,13,14,15,16)/t8-,9+/m0/s1. The summed E-state index contributed by atoms with van der Waals surface area (Å²) in [6.07, 6.45) is 3.43. The molecule has 0 aromatic carbocycles. The Morgan fingerprint density at radius 1 is 1.59 bits per heavy atom. The van der Waals surface area contributed by atoms with Crippen molar-refractivity contribution in [3.8, 4) is 0 Å². The lowest BCUT2D eigenvalue weighted by molar-refractivity contribution is 0.192. The average Bonchev–Trinajstić information content (AvgIpc) is 2.75. The SMILES string of the molecule is C=Cc1cnc(N[C@@H]2COC[C@@H]2N)nc1NC. The maximum absolute atomic E-state index is 5.88. The van der Waals surface area contributed by atoms with E-state index >= 15 is 0 Å². The van der Waals surface area contributed by atoms with Crippen LogP contribution in [0.3, 0.4) is 0 Å². The van der Waals surface area contributed by atoms with E-state index < -0.39 is 0 Å². The molecule has 1 aromatic heterocycles. The van der Waals surface area contributed by atoms with Crippen LogP contribution in [0.2, 0.25) is 0 Å². The van der Waals surface area contributed by atoms with E-state index in [1.807, 2.05) is 7.05 Å². The number of nitrogens with two attached hydrogens (primary N) is 1. The molecule has 0 amide bonds. The van der Waals surface area contributed by atoms with Gasteiger partial charge < -0.3 is 21.1 Å². The van der Waals surface area contributed by atoms with Gasteiger partial charge in [0.1, 0.15) is 5.82 Å². The molecule has 0 saturated carbocycles. The van der Waals surface area contributed by atoms with Crippen molar-refractivity contribution < 1.29 is 4.74 Å². The molecule has 1 aliphatic heterocycles. The van der Waals surface area contributed by atoms with Gasteiger partial charge in [-0.2, -0.15) is 4.98 Å². The molecule has 2 atom stereocenters. The maximum atomic E-state index is 5.88. The molecular weight excluding hydrogens is 218 g/mol. The highest BCUT2D eigenvalue weighted by Gasteiger charge is 2.25. The smallest absolute Gasteiger partial charge is 0.224 e. The van der Waals surface area contributed by atoms with Crippen LogP contribution in [0.25, 0.3) is 6.08 Å². The van der Waals surface area contributed by atoms with E-state index in [-0.39, 0.29) is 12.1 Å². The minimum Gasteiger partial charge on any atom is -0.378 e. The van der Waals surface area contributed by atoms with Crippen molar-refractivity contribution in [2.75, 3.05) is 30.9 Å². The van der Waals surface area contributed by atoms with Crippen LogP contribution in [-0.4, -0.2) is 42.3 Å². The first-order valence-electron chi connectivity index (χ1n) is 5.51. The van der Waals surface area contributed by atoms with Crippen molar-refractivity contribution in [2.45, 2.75) is 12.1 Å². The molecule has 1 saturated heterocycles. The zero-order valence-electron chi connectivity index (χ0n) is 9.81. The highest BCUT2D eigenvalue weighted by Crippen LogP contribution is 2.16. The molecule has 17 heavy (non-hydrogen) atoms. The van der Waals surface area contributed by atoms with Gasteiger partial charge in [0.2, 0.25) is 5.95 Å². The van der Waals surface area contributed by atoms with Gasteiger partial charge in [-0.25, -0.2) is 4.98 Å². The van der Waals surface area contributed by atoms with E-state index in [1.165, 1.54) is 0 Å². The molecule has 0 aliphatic carbocycles. The van der Waals surface area contributed by atoms with Gasteiger partial charge >= 0.3 is 0 Å². The van der Waals surface area contributed by atoms with Crippen molar-refractivity contribution in [3.63, 3.8) is 0 Å². The summed E-state index contributed by atoms with van der Waals surface area (Å²) >= 11 is 0. The third-order valence-corrected chi connectivity index (χ3v) is 2.71. The third-order valence-electron chi connectivity index (χ3n) is 2.71. The summed E-state index contributed by atoms with van der Waals surface area (Å²) in [6, 6.07) is 0.0463. The summed E-state index contributed by atoms with van der Waals surface area (Å²) in [5.74, 6) is 1.29. The first-order chi connectivity index (χ1) is 8.24. The highest BCUT2D eigenvalue weighted by atomic mass is 16.5. The summed E-state index contributed by atoms with van der Waals surface area (Å²) in [5.41, 5.74) is 6.74. The Kier molecular flexibility index (Phi) is 3.55. The predicted octanol–water partition coefficient (Wildman–Crippen LogP) is 0.299. The van der Waals surface area contributed by atoms with Gasteiger partial charge in [-0.1, -0.05) is 12.7 Å². The van der Waals surface area contributed by atoms with Crippen molar-refractivity contribution in [2.24, 2.45) is 5.73 Å². The molecule has 1 aromatic rings. The van der Waals surface area contributed by atoms with Gasteiger partial charge in [0.05, 0.1) is 25.3 Å². The lowest BCUT2D eigenvalue weighted by atomic mass is 10.2. The van der Waals surface area contributed by atoms with Gasteiger partial charge in [0.25, 0.3) is 0 Å². The first-order valence-corrected chi connectivity index (χ1v) is 5.51. The lowest BCUT2D eigenvalue weighted by Gasteiger charge is -2.16. The molecular formula is C11H17N5O. The molecule has 1 aliphatic rings. The van der Waals surface area contributed by atoms with Crippen LogP contribution in [0.15, 0.2) is 12.8 Å². The summed E-state index contributed by atoms with van der Waals surface area (Å²) in [4.78, 5) is 8.56. The molecule has 0 radical (unpaired) electrons. The molecule has 1 fully saturated rings. The number of nitrogens with zero attached hydrogens (tertiary/aromatic N) is 2. The lowest BCUT2D eigenvalue weighted by Crippen LogP contribution is -2.39. The van der Waals surface area contributed by atoms with E-state index in [4.69, 9.17) is 10.5 Å². The molecule has 0 spiro atoms. The first kappa shape index (κ1) is 11.8. The predicted molar refractivity (Wildman–Crippen MR) is 67.9 cm³/mol. The third kappa shape index (κ3) is 2.54. The molecule has 0 unspecified atom stereocenters. The summed E-state index contributed by atoms with van der Waals surface area (Å²) in [6.45, 7) is 4.86. The Morgan fingerprint density at radius 2 is 2.41 bits per heavy atom. The largest absolute Gasteiger partial charge is 0.378 e. The van der Waals surface area contributed by atoms with E-state index in [9.17, 15) is 0 Å². The zero-order chi connectivity index (χ0) is 12.3. The summed E-state index contributed by atoms with van der Waals surface area (Å²) in [7, 11) is 1.81. The van der Waals surface area contributed by atoms with E-state index in [0.717, 1.165) is 11.4 Å². The highest BCUT2D eigenvalue weighted by molar-refractivity contribution is 5.62.